The average Bonchev–Trinajstić information content (AvgIpc) is 2.48. The van der Waals surface area contributed by atoms with Gasteiger partial charge in [-0.1, -0.05) is 36.7 Å². The zero-order valence-corrected chi connectivity index (χ0v) is 14.0. The van der Waals surface area contributed by atoms with Crippen molar-refractivity contribution in [3.63, 3.8) is 0 Å². The lowest BCUT2D eigenvalue weighted by Crippen LogP contribution is -2.41. The highest BCUT2D eigenvalue weighted by Gasteiger charge is 2.28. The molecule has 0 aromatic heterocycles. The van der Waals surface area contributed by atoms with Gasteiger partial charge in [-0.15, -0.1) is 0 Å². The zero-order chi connectivity index (χ0) is 15.3. The van der Waals surface area contributed by atoms with E-state index in [2.05, 4.69) is 12.2 Å². The summed E-state index contributed by atoms with van der Waals surface area (Å²) < 4.78 is 26.6. The van der Waals surface area contributed by atoms with Gasteiger partial charge in [0.2, 0.25) is 10.0 Å². The standard InChI is InChI=1S/C15H23ClN2O2S/c1-2-17-11-13-7-9-18(10-8-13)21(19,20)12-14-5-3-4-6-15(14)16/h3-6,13,17H,2,7-12H2,1H3. The van der Waals surface area contributed by atoms with Crippen LogP contribution in [0.3, 0.4) is 0 Å². The molecule has 0 bridgehead atoms. The van der Waals surface area contributed by atoms with E-state index >= 15 is 0 Å². The fraction of sp³-hybridized carbons (Fsp3) is 0.600. The Balaban J connectivity index is 1.94. The lowest BCUT2D eigenvalue weighted by molar-refractivity contribution is 0.268. The Labute approximate surface area is 132 Å². The number of halogens is 1. The smallest absolute Gasteiger partial charge is 0.218 e. The fourth-order valence-electron chi connectivity index (χ4n) is 2.64. The third-order valence-electron chi connectivity index (χ3n) is 3.95. The summed E-state index contributed by atoms with van der Waals surface area (Å²) in [5.74, 6) is 0.571. The fourth-order valence-corrected chi connectivity index (χ4v) is 4.52. The first-order valence-electron chi connectivity index (χ1n) is 7.45. The first-order valence-corrected chi connectivity index (χ1v) is 9.43. The van der Waals surface area contributed by atoms with Gasteiger partial charge >= 0.3 is 0 Å². The minimum Gasteiger partial charge on any atom is -0.317 e. The number of hydrogen-bond donors (Lipinski definition) is 1. The minimum absolute atomic E-state index is 0.00938. The molecule has 1 aliphatic rings. The van der Waals surface area contributed by atoms with Crippen molar-refractivity contribution in [1.29, 1.82) is 0 Å². The highest BCUT2D eigenvalue weighted by molar-refractivity contribution is 7.88. The summed E-state index contributed by atoms with van der Waals surface area (Å²) in [7, 11) is -3.27. The topological polar surface area (TPSA) is 49.4 Å². The van der Waals surface area contributed by atoms with E-state index in [1.54, 1.807) is 16.4 Å². The van der Waals surface area contributed by atoms with Gasteiger partial charge in [0.1, 0.15) is 0 Å². The third-order valence-corrected chi connectivity index (χ3v) is 6.14. The van der Waals surface area contributed by atoms with Crippen LogP contribution in [-0.2, 0) is 15.8 Å². The van der Waals surface area contributed by atoms with Gasteiger partial charge in [0.05, 0.1) is 5.75 Å². The van der Waals surface area contributed by atoms with E-state index in [-0.39, 0.29) is 5.75 Å². The van der Waals surface area contributed by atoms with Crippen molar-refractivity contribution >= 4 is 21.6 Å². The second kappa shape index (κ2) is 7.58. The number of piperidine rings is 1. The summed E-state index contributed by atoms with van der Waals surface area (Å²) in [4.78, 5) is 0. The molecule has 2 rings (SSSR count). The Morgan fingerprint density at radius 3 is 2.57 bits per heavy atom. The van der Waals surface area contributed by atoms with Crippen LogP contribution >= 0.6 is 11.6 Å². The van der Waals surface area contributed by atoms with Crippen LogP contribution < -0.4 is 5.32 Å². The molecule has 1 aliphatic heterocycles. The molecule has 0 saturated carbocycles. The second-order valence-electron chi connectivity index (χ2n) is 5.50. The van der Waals surface area contributed by atoms with E-state index < -0.39 is 10.0 Å². The third kappa shape index (κ3) is 4.68. The molecular weight excluding hydrogens is 308 g/mol. The first-order chi connectivity index (χ1) is 10.0. The summed E-state index contributed by atoms with van der Waals surface area (Å²) >= 11 is 6.06. The van der Waals surface area contributed by atoms with Gasteiger partial charge in [-0.3, -0.25) is 0 Å². The van der Waals surface area contributed by atoms with Crippen molar-refractivity contribution < 1.29 is 8.42 Å². The van der Waals surface area contributed by atoms with E-state index in [0.717, 1.165) is 25.9 Å². The molecule has 1 saturated heterocycles. The predicted octanol–water partition coefficient (Wildman–Crippen LogP) is 2.49. The number of nitrogens with one attached hydrogen (secondary N) is 1. The number of hydrogen-bond acceptors (Lipinski definition) is 3. The van der Waals surface area contributed by atoms with Crippen LogP contribution in [0.2, 0.25) is 5.02 Å². The van der Waals surface area contributed by atoms with Crippen LogP contribution in [0.5, 0.6) is 0 Å². The predicted molar refractivity (Wildman–Crippen MR) is 86.9 cm³/mol. The van der Waals surface area contributed by atoms with E-state index in [9.17, 15) is 8.42 Å². The molecule has 1 N–H and O–H groups in total. The highest BCUT2D eigenvalue weighted by atomic mass is 35.5. The summed E-state index contributed by atoms with van der Waals surface area (Å²) in [6.07, 6.45) is 1.85. The molecule has 0 spiro atoms. The molecule has 118 valence electrons. The van der Waals surface area contributed by atoms with Crippen molar-refractivity contribution in [2.45, 2.75) is 25.5 Å². The first kappa shape index (κ1) is 16.7. The van der Waals surface area contributed by atoms with Crippen molar-refractivity contribution in [3.8, 4) is 0 Å². The zero-order valence-electron chi connectivity index (χ0n) is 12.4. The maximum absolute atomic E-state index is 12.5. The van der Waals surface area contributed by atoms with E-state index in [4.69, 9.17) is 11.6 Å². The van der Waals surface area contributed by atoms with Crippen molar-refractivity contribution in [2.75, 3.05) is 26.2 Å². The Morgan fingerprint density at radius 1 is 1.29 bits per heavy atom. The molecule has 0 aliphatic carbocycles. The molecule has 0 radical (unpaired) electrons. The molecule has 0 unspecified atom stereocenters. The summed E-state index contributed by atoms with van der Waals surface area (Å²) in [5, 5.41) is 3.85. The van der Waals surface area contributed by atoms with Crippen LogP contribution in [-0.4, -0.2) is 38.9 Å². The van der Waals surface area contributed by atoms with Crippen LogP contribution in [0.25, 0.3) is 0 Å². The molecule has 21 heavy (non-hydrogen) atoms. The van der Waals surface area contributed by atoms with Crippen molar-refractivity contribution in [2.24, 2.45) is 5.92 Å². The van der Waals surface area contributed by atoms with Crippen molar-refractivity contribution in [3.05, 3.63) is 34.9 Å². The largest absolute Gasteiger partial charge is 0.317 e. The maximum Gasteiger partial charge on any atom is 0.218 e. The minimum atomic E-state index is -3.27. The lowest BCUT2D eigenvalue weighted by atomic mass is 9.98. The van der Waals surface area contributed by atoms with E-state index in [1.165, 1.54) is 0 Å². The van der Waals surface area contributed by atoms with Gasteiger partial charge in [-0.25, -0.2) is 12.7 Å². The summed E-state index contributed by atoms with van der Waals surface area (Å²) in [6, 6.07) is 7.14. The van der Waals surface area contributed by atoms with Gasteiger partial charge in [-0.05, 0) is 43.5 Å². The van der Waals surface area contributed by atoms with Crippen LogP contribution in [0, 0.1) is 5.92 Å². The molecule has 4 nitrogen and oxygen atoms in total. The van der Waals surface area contributed by atoms with Gasteiger partial charge in [-0.2, -0.15) is 0 Å². The lowest BCUT2D eigenvalue weighted by Gasteiger charge is -2.31. The Bertz CT molecular complexity index is 555. The number of sulfonamides is 1. The monoisotopic (exact) mass is 330 g/mol. The Kier molecular flexibility index (Phi) is 6.05. The Hall–Kier alpha value is -0.620. The van der Waals surface area contributed by atoms with E-state index in [0.29, 0.717) is 29.6 Å². The molecule has 0 atom stereocenters. The number of nitrogens with zero attached hydrogens (tertiary/aromatic N) is 1. The quantitative estimate of drug-likeness (QED) is 0.871. The van der Waals surface area contributed by atoms with Crippen LogP contribution in [0.15, 0.2) is 24.3 Å². The Morgan fingerprint density at radius 2 is 1.95 bits per heavy atom. The van der Waals surface area contributed by atoms with Crippen LogP contribution in [0.1, 0.15) is 25.3 Å². The molecule has 1 aromatic rings. The van der Waals surface area contributed by atoms with Gasteiger partial charge < -0.3 is 5.32 Å². The molecule has 1 aromatic carbocycles. The molecule has 1 heterocycles. The normalized spacial score (nSPS) is 18.0. The van der Waals surface area contributed by atoms with Crippen LogP contribution in [0.4, 0.5) is 0 Å². The molecule has 1 fully saturated rings. The van der Waals surface area contributed by atoms with Crippen molar-refractivity contribution in [1.82, 2.24) is 9.62 Å². The number of benzene rings is 1. The maximum atomic E-state index is 12.5. The summed E-state index contributed by atoms with van der Waals surface area (Å²) in [6.45, 7) is 5.26. The molecule has 6 heteroatoms. The molecular formula is C15H23ClN2O2S. The second-order valence-corrected chi connectivity index (χ2v) is 7.87. The van der Waals surface area contributed by atoms with Gasteiger partial charge in [0.25, 0.3) is 0 Å². The van der Waals surface area contributed by atoms with Gasteiger partial charge in [0.15, 0.2) is 0 Å². The molecule has 0 amide bonds. The SMILES string of the molecule is CCNCC1CCN(S(=O)(=O)Cc2ccccc2Cl)CC1. The summed E-state index contributed by atoms with van der Waals surface area (Å²) in [5.41, 5.74) is 0.675. The van der Waals surface area contributed by atoms with E-state index in [1.807, 2.05) is 12.1 Å². The van der Waals surface area contributed by atoms with Gasteiger partial charge in [0, 0.05) is 18.1 Å². The average molecular weight is 331 g/mol. The highest BCUT2D eigenvalue weighted by Crippen LogP contribution is 2.23. The number of rotatable bonds is 6.